The summed E-state index contributed by atoms with van der Waals surface area (Å²) in [5, 5.41) is 2.89. The van der Waals surface area contributed by atoms with Crippen molar-refractivity contribution in [2.24, 2.45) is 5.41 Å². The molecule has 1 aliphatic rings. The summed E-state index contributed by atoms with van der Waals surface area (Å²) in [5.41, 5.74) is 2.27. The van der Waals surface area contributed by atoms with Crippen molar-refractivity contribution in [1.82, 2.24) is 0 Å². The zero-order chi connectivity index (χ0) is 14.2. The van der Waals surface area contributed by atoms with E-state index in [1.165, 1.54) is 0 Å². The van der Waals surface area contributed by atoms with Gasteiger partial charge in [0.05, 0.1) is 6.42 Å². The molecule has 0 unspecified atom stereocenters. The molecule has 0 saturated heterocycles. The first-order valence-corrected chi connectivity index (χ1v) is 6.57. The summed E-state index contributed by atoms with van der Waals surface area (Å²) in [6.07, 6.45) is 0.419. The summed E-state index contributed by atoms with van der Waals surface area (Å²) >= 11 is 0. The van der Waals surface area contributed by atoms with Crippen molar-refractivity contribution in [3.8, 4) is 0 Å². The van der Waals surface area contributed by atoms with Crippen molar-refractivity contribution in [2.45, 2.75) is 34.1 Å². The number of carbonyl (C=O) groups excluding carboxylic acids is 2. The number of likely N-dealkylation sites (N-methyl/N-ethyl adjacent to an activating group) is 1. The molecule has 2 rings (SSSR count). The van der Waals surface area contributed by atoms with Crippen molar-refractivity contribution >= 4 is 23.2 Å². The molecule has 1 N–H and O–H groups in total. The molecule has 0 aromatic heterocycles. The maximum absolute atomic E-state index is 11.9. The highest BCUT2D eigenvalue weighted by Gasteiger charge is 2.27. The number of hydrogen-bond donors (Lipinski definition) is 1. The van der Waals surface area contributed by atoms with E-state index in [0.29, 0.717) is 13.0 Å². The van der Waals surface area contributed by atoms with Gasteiger partial charge >= 0.3 is 0 Å². The Morgan fingerprint density at radius 3 is 2.63 bits per heavy atom. The average Bonchev–Trinajstić information content (AvgIpc) is 2.62. The number of anilines is 2. The number of rotatable bonds is 2. The van der Waals surface area contributed by atoms with E-state index in [1.807, 2.05) is 45.9 Å². The fraction of sp³-hybridized carbons (Fsp3) is 0.467. The van der Waals surface area contributed by atoms with Gasteiger partial charge in [-0.05, 0) is 30.7 Å². The van der Waals surface area contributed by atoms with Crippen LogP contribution in [0.25, 0.3) is 0 Å². The molecule has 0 aliphatic carbocycles. The zero-order valence-corrected chi connectivity index (χ0v) is 11.9. The fourth-order valence-corrected chi connectivity index (χ4v) is 2.13. The summed E-state index contributed by atoms with van der Waals surface area (Å²) in [6, 6.07) is 5.65. The van der Waals surface area contributed by atoms with Crippen LogP contribution in [0.4, 0.5) is 11.4 Å². The van der Waals surface area contributed by atoms with E-state index in [2.05, 4.69) is 5.32 Å². The van der Waals surface area contributed by atoms with Gasteiger partial charge in [-0.25, -0.2) is 0 Å². The van der Waals surface area contributed by atoms with Crippen LogP contribution in [0.5, 0.6) is 0 Å². The summed E-state index contributed by atoms with van der Waals surface area (Å²) < 4.78 is 0. The molecule has 0 radical (unpaired) electrons. The molecular formula is C15H20N2O2. The molecule has 19 heavy (non-hydrogen) atoms. The van der Waals surface area contributed by atoms with Crippen molar-refractivity contribution in [2.75, 3.05) is 16.8 Å². The van der Waals surface area contributed by atoms with Gasteiger partial charge in [0.2, 0.25) is 11.8 Å². The monoisotopic (exact) mass is 260 g/mol. The third kappa shape index (κ3) is 2.62. The molecule has 0 saturated carbocycles. The molecule has 1 aromatic rings. The van der Waals surface area contributed by atoms with E-state index >= 15 is 0 Å². The molecule has 1 aromatic carbocycles. The second-order valence-corrected chi connectivity index (χ2v) is 5.86. The number of nitrogens with one attached hydrogen (secondary N) is 1. The summed E-state index contributed by atoms with van der Waals surface area (Å²) in [6.45, 7) is 8.26. The molecule has 0 bridgehead atoms. The van der Waals surface area contributed by atoms with Gasteiger partial charge in [0.25, 0.3) is 0 Å². The lowest BCUT2D eigenvalue weighted by atomic mass is 9.95. The SMILES string of the molecule is CCN1C(=O)Cc2cc(NC(=O)C(C)(C)C)ccc21. The predicted molar refractivity (Wildman–Crippen MR) is 76.3 cm³/mol. The lowest BCUT2D eigenvalue weighted by molar-refractivity contribution is -0.123. The molecule has 4 nitrogen and oxygen atoms in total. The highest BCUT2D eigenvalue weighted by atomic mass is 16.2. The van der Waals surface area contributed by atoms with Crippen molar-refractivity contribution in [3.63, 3.8) is 0 Å². The van der Waals surface area contributed by atoms with Crippen molar-refractivity contribution in [3.05, 3.63) is 23.8 Å². The topological polar surface area (TPSA) is 49.4 Å². The number of hydrogen-bond acceptors (Lipinski definition) is 2. The fourth-order valence-electron chi connectivity index (χ4n) is 2.13. The minimum atomic E-state index is -0.426. The lowest BCUT2D eigenvalue weighted by Gasteiger charge is -2.18. The number of amides is 2. The van der Waals surface area contributed by atoms with Crippen LogP contribution in [-0.2, 0) is 16.0 Å². The molecule has 0 fully saturated rings. The maximum atomic E-state index is 11.9. The van der Waals surface area contributed by atoms with Gasteiger partial charge in [-0.3, -0.25) is 9.59 Å². The second kappa shape index (κ2) is 4.68. The molecule has 0 spiro atoms. The van der Waals surface area contributed by atoms with E-state index < -0.39 is 5.41 Å². The molecule has 0 atom stereocenters. The maximum Gasteiger partial charge on any atom is 0.231 e. The van der Waals surface area contributed by atoms with E-state index in [9.17, 15) is 9.59 Å². The Hall–Kier alpha value is -1.84. The van der Waals surface area contributed by atoms with Crippen LogP contribution in [0, 0.1) is 5.41 Å². The summed E-state index contributed by atoms with van der Waals surface area (Å²) in [7, 11) is 0. The second-order valence-electron chi connectivity index (χ2n) is 5.86. The van der Waals surface area contributed by atoms with Gasteiger partial charge in [0.1, 0.15) is 0 Å². The number of nitrogens with zero attached hydrogens (tertiary/aromatic N) is 1. The van der Waals surface area contributed by atoms with Crippen LogP contribution in [0.2, 0.25) is 0 Å². The van der Waals surface area contributed by atoms with Gasteiger partial charge in [0, 0.05) is 23.3 Å². The first kappa shape index (κ1) is 13.6. The number of benzene rings is 1. The first-order valence-electron chi connectivity index (χ1n) is 6.57. The van der Waals surface area contributed by atoms with Gasteiger partial charge in [-0.1, -0.05) is 20.8 Å². The Kier molecular flexibility index (Phi) is 3.35. The highest BCUT2D eigenvalue weighted by molar-refractivity contribution is 6.02. The van der Waals surface area contributed by atoms with E-state index in [-0.39, 0.29) is 11.8 Å². The molecule has 2 amide bonds. The molecule has 102 valence electrons. The van der Waals surface area contributed by atoms with Crippen LogP contribution in [0.15, 0.2) is 18.2 Å². The standard InChI is InChI=1S/C15H20N2O2/c1-5-17-12-7-6-11(8-10(12)9-13(17)18)16-14(19)15(2,3)4/h6-8H,5,9H2,1-4H3,(H,16,19). The van der Waals surface area contributed by atoms with Crippen molar-refractivity contribution in [1.29, 1.82) is 0 Å². The van der Waals surface area contributed by atoms with Crippen LogP contribution < -0.4 is 10.2 Å². The van der Waals surface area contributed by atoms with E-state index in [0.717, 1.165) is 16.9 Å². The third-order valence-corrected chi connectivity index (χ3v) is 3.27. The predicted octanol–water partition coefficient (Wildman–Crippen LogP) is 2.58. The van der Waals surface area contributed by atoms with E-state index in [1.54, 1.807) is 4.90 Å². The summed E-state index contributed by atoms with van der Waals surface area (Å²) in [4.78, 5) is 25.5. The molecule has 4 heteroatoms. The van der Waals surface area contributed by atoms with Crippen LogP contribution in [0.3, 0.4) is 0 Å². The number of carbonyl (C=O) groups is 2. The molecule has 1 aliphatic heterocycles. The summed E-state index contributed by atoms with van der Waals surface area (Å²) in [5.74, 6) is 0.0981. The van der Waals surface area contributed by atoms with Crippen LogP contribution in [0.1, 0.15) is 33.3 Å². The minimum absolute atomic E-state index is 0.0240. The highest BCUT2D eigenvalue weighted by Crippen LogP contribution is 2.31. The normalized spacial score (nSPS) is 14.5. The van der Waals surface area contributed by atoms with Crippen LogP contribution >= 0.6 is 0 Å². The number of fused-ring (bicyclic) bond motifs is 1. The minimum Gasteiger partial charge on any atom is -0.326 e. The Morgan fingerprint density at radius 1 is 1.37 bits per heavy atom. The van der Waals surface area contributed by atoms with E-state index in [4.69, 9.17) is 0 Å². The third-order valence-electron chi connectivity index (χ3n) is 3.27. The molecular weight excluding hydrogens is 240 g/mol. The van der Waals surface area contributed by atoms with Gasteiger partial charge in [-0.2, -0.15) is 0 Å². The zero-order valence-electron chi connectivity index (χ0n) is 11.9. The Morgan fingerprint density at radius 2 is 2.05 bits per heavy atom. The van der Waals surface area contributed by atoms with Gasteiger partial charge in [0.15, 0.2) is 0 Å². The Balaban J connectivity index is 2.22. The van der Waals surface area contributed by atoms with Gasteiger partial charge < -0.3 is 10.2 Å². The van der Waals surface area contributed by atoms with Crippen LogP contribution in [-0.4, -0.2) is 18.4 Å². The Bertz CT molecular complexity index is 529. The van der Waals surface area contributed by atoms with Gasteiger partial charge in [-0.15, -0.1) is 0 Å². The lowest BCUT2D eigenvalue weighted by Crippen LogP contribution is -2.27. The van der Waals surface area contributed by atoms with Crippen molar-refractivity contribution < 1.29 is 9.59 Å². The average molecular weight is 260 g/mol. The quantitative estimate of drug-likeness (QED) is 0.888. The smallest absolute Gasteiger partial charge is 0.231 e. The largest absolute Gasteiger partial charge is 0.326 e. The molecule has 1 heterocycles. The first-order chi connectivity index (χ1) is 8.82. The Labute approximate surface area is 113 Å².